The van der Waals surface area contributed by atoms with Crippen LogP contribution in [0.5, 0.6) is 5.75 Å². The van der Waals surface area contributed by atoms with Gasteiger partial charge in [0.25, 0.3) is 0 Å². The van der Waals surface area contributed by atoms with Crippen LogP contribution in [0.25, 0.3) is 0 Å². The summed E-state index contributed by atoms with van der Waals surface area (Å²) in [6.45, 7) is 0.398. The van der Waals surface area contributed by atoms with Gasteiger partial charge in [-0.3, -0.25) is 0 Å². The number of para-hydroxylation sites is 1. The Bertz CT molecular complexity index is 595. The van der Waals surface area contributed by atoms with Crippen LogP contribution in [0, 0.1) is 17.7 Å². The zero-order valence-corrected chi connectivity index (χ0v) is 11.0. The van der Waals surface area contributed by atoms with Gasteiger partial charge in [-0.25, -0.2) is 4.39 Å². The highest BCUT2D eigenvalue weighted by molar-refractivity contribution is 7.12. The number of halogens is 1. The van der Waals surface area contributed by atoms with Crippen LogP contribution in [0.15, 0.2) is 36.4 Å². The molecular formula is C15H13FO2S. The summed E-state index contributed by atoms with van der Waals surface area (Å²) in [4.78, 5) is 1.90. The molecule has 0 amide bonds. The molecule has 0 bridgehead atoms. The lowest BCUT2D eigenvalue weighted by atomic mass is 10.3. The molecule has 0 atom stereocenters. The molecule has 1 N–H and O–H groups in total. The van der Waals surface area contributed by atoms with E-state index < -0.39 is 0 Å². The van der Waals surface area contributed by atoms with E-state index in [1.165, 1.54) is 17.4 Å². The standard InChI is InChI=1S/C15H13FO2S/c16-14-6-1-2-7-15(14)18-11-13-9-8-12(19-13)5-3-4-10-17/h1-2,6-9,17H,4,10-11H2. The van der Waals surface area contributed by atoms with Crippen molar-refractivity contribution in [1.29, 1.82) is 0 Å². The molecule has 0 spiro atoms. The third kappa shape index (κ3) is 4.09. The van der Waals surface area contributed by atoms with Crippen molar-refractivity contribution < 1.29 is 14.2 Å². The molecule has 0 aliphatic heterocycles. The third-order valence-electron chi connectivity index (χ3n) is 2.32. The second-order valence-electron chi connectivity index (χ2n) is 3.76. The van der Waals surface area contributed by atoms with E-state index in [0.717, 1.165) is 9.75 Å². The molecule has 0 aliphatic carbocycles. The van der Waals surface area contributed by atoms with Crippen LogP contribution in [-0.4, -0.2) is 11.7 Å². The first-order valence-corrected chi connectivity index (χ1v) is 6.67. The van der Waals surface area contributed by atoms with E-state index in [0.29, 0.717) is 13.0 Å². The molecule has 1 aromatic heterocycles. The fourth-order valence-corrected chi connectivity index (χ4v) is 2.23. The summed E-state index contributed by atoms with van der Waals surface area (Å²) in [5.41, 5.74) is 0. The lowest BCUT2D eigenvalue weighted by Gasteiger charge is -2.04. The van der Waals surface area contributed by atoms with Crippen LogP contribution in [-0.2, 0) is 6.61 Å². The molecule has 0 unspecified atom stereocenters. The molecule has 2 rings (SSSR count). The molecule has 2 nitrogen and oxygen atoms in total. The number of thiophene rings is 1. The van der Waals surface area contributed by atoms with Gasteiger partial charge in [-0.05, 0) is 24.3 Å². The van der Waals surface area contributed by atoms with Crippen molar-refractivity contribution >= 4 is 11.3 Å². The summed E-state index contributed by atoms with van der Waals surface area (Å²) in [6.07, 6.45) is 0.471. The van der Waals surface area contributed by atoms with Gasteiger partial charge in [0.1, 0.15) is 6.61 Å². The van der Waals surface area contributed by atoms with E-state index >= 15 is 0 Å². The van der Waals surface area contributed by atoms with Crippen molar-refractivity contribution in [3.05, 3.63) is 52.0 Å². The van der Waals surface area contributed by atoms with Crippen molar-refractivity contribution in [2.24, 2.45) is 0 Å². The quantitative estimate of drug-likeness (QED) is 0.869. The maximum absolute atomic E-state index is 13.3. The van der Waals surface area contributed by atoms with Crippen molar-refractivity contribution in [2.75, 3.05) is 6.61 Å². The Balaban J connectivity index is 1.94. The minimum absolute atomic E-state index is 0.0711. The van der Waals surface area contributed by atoms with Gasteiger partial charge in [-0.1, -0.05) is 24.0 Å². The number of rotatable bonds is 4. The summed E-state index contributed by atoms with van der Waals surface area (Å²) in [5, 5.41) is 8.63. The molecule has 0 saturated heterocycles. The van der Waals surface area contributed by atoms with Crippen molar-refractivity contribution in [3.63, 3.8) is 0 Å². The van der Waals surface area contributed by atoms with Gasteiger partial charge < -0.3 is 9.84 Å². The summed E-state index contributed by atoms with van der Waals surface area (Å²) >= 11 is 1.51. The maximum atomic E-state index is 13.3. The van der Waals surface area contributed by atoms with Gasteiger partial charge in [-0.2, -0.15) is 0 Å². The first-order chi connectivity index (χ1) is 9.29. The Morgan fingerprint density at radius 1 is 1.21 bits per heavy atom. The molecule has 0 fully saturated rings. The molecule has 98 valence electrons. The normalized spacial score (nSPS) is 9.79. The highest BCUT2D eigenvalue weighted by atomic mass is 32.1. The summed E-state index contributed by atoms with van der Waals surface area (Å²) in [6, 6.07) is 10.1. The molecule has 2 aromatic rings. The van der Waals surface area contributed by atoms with E-state index in [-0.39, 0.29) is 18.2 Å². The van der Waals surface area contributed by atoms with Gasteiger partial charge in [0.05, 0.1) is 11.5 Å². The van der Waals surface area contributed by atoms with Crippen LogP contribution < -0.4 is 4.74 Å². The molecule has 0 aliphatic rings. The Hall–Kier alpha value is -1.83. The monoisotopic (exact) mass is 276 g/mol. The third-order valence-corrected chi connectivity index (χ3v) is 3.29. The van der Waals surface area contributed by atoms with Gasteiger partial charge in [-0.15, -0.1) is 11.3 Å². The molecule has 0 radical (unpaired) electrons. The van der Waals surface area contributed by atoms with Crippen LogP contribution in [0.2, 0.25) is 0 Å². The lowest BCUT2D eigenvalue weighted by Crippen LogP contribution is -1.94. The minimum Gasteiger partial charge on any atom is -0.485 e. The number of ether oxygens (including phenoxy) is 1. The van der Waals surface area contributed by atoms with Gasteiger partial charge in [0, 0.05) is 11.3 Å². The predicted molar refractivity (Wildman–Crippen MR) is 73.6 cm³/mol. The molecular weight excluding hydrogens is 263 g/mol. The van der Waals surface area contributed by atoms with E-state index in [2.05, 4.69) is 11.8 Å². The van der Waals surface area contributed by atoms with Crippen LogP contribution in [0.3, 0.4) is 0 Å². The number of benzene rings is 1. The minimum atomic E-state index is -0.359. The summed E-state index contributed by atoms with van der Waals surface area (Å²) < 4.78 is 18.7. The fraction of sp³-hybridized carbons (Fsp3) is 0.200. The van der Waals surface area contributed by atoms with E-state index in [4.69, 9.17) is 9.84 Å². The topological polar surface area (TPSA) is 29.5 Å². The van der Waals surface area contributed by atoms with Crippen molar-refractivity contribution in [2.45, 2.75) is 13.0 Å². The largest absolute Gasteiger partial charge is 0.485 e. The first kappa shape index (κ1) is 13.6. The zero-order valence-electron chi connectivity index (χ0n) is 10.2. The predicted octanol–water partition coefficient (Wildman–Crippen LogP) is 3.20. The molecule has 1 heterocycles. The summed E-state index contributed by atoms with van der Waals surface area (Å²) in [7, 11) is 0. The average Bonchev–Trinajstić information content (AvgIpc) is 2.86. The Labute approximate surface area is 115 Å². The lowest BCUT2D eigenvalue weighted by molar-refractivity contribution is 0.293. The van der Waals surface area contributed by atoms with Gasteiger partial charge in [0.2, 0.25) is 0 Å². The molecule has 4 heteroatoms. The van der Waals surface area contributed by atoms with Crippen LogP contribution in [0.4, 0.5) is 4.39 Å². The number of aliphatic hydroxyl groups excluding tert-OH is 1. The molecule has 19 heavy (non-hydrogen) atoms. The van der Waals surface area contributed by atoms with E-state index in [1.807, 2.05) is 12.1 Å². The second-order valence-corrected chi connectivity index (χ2v) is 4.93. The number of aliphatic hydroxyl groups is 1. The maximum Gasteiger partial charge on any atom is 0.165 e. The van der Waals surface area contributed by atoms with Crippen LogP contribution >= 0.6 is 11.3 Å². The van der Waals surface area contributed by atoms with Gasteiger partial charge in [0.15, 0.2) is 11.6 Å². The Morgan fingerprint density at radius 2 is 2.05 bits per heavy atom. The zero-order chi connectivity index (χ0) is 13.5. The first-order valence-electron chi connectivity index (χ1n) is 5.85. The smallest absolute Gasteiger partial charge is 0.165 e. The van der Waals surface area contributed by atoms with E-state index in [9.17, 15) is 4.39 Å². The van der Waals surface area contributed by atoms with E-state index in [1.54, 1.807) is 18.2 Å². The SMILES string of the molecule is OCCC#Cc1ccc(COc2ccccc2F)s1. The highest BCUT2D eigenvalue weighted by Crippen LogP contribution is 2.20. The molecule has 0 saturated carbocycles. The highest BCUT2D eigenvalue weighted by Gasteiger charge is 2.03. The van der Waals surface area contributed by atoms with Crippen molar-refractivity contribution in [3.8, 4) is 17.6 Å². The fourth-order valence-electron chi connectivity index (χ4n) is 1.44. The number of hydrogen-bond acceptors (Lipinski definition) is 3. The summed E-state index contributed by atoms with van der Waals surface area (Å²) in [5.74, 6) is 5.71. The molecule has 1 aromatic carbocycles. The number of hydrogen-bond donors (Lipinski definition) is 1. The Morgan fingerprint density at radius 3 is 2.84 bits per heavy atom. The van der Waals surface area contributed by atoms with Crippen molar-refractivity contribution in [1.82, 2.24) is 0 Å². The second kappa shape index (κ2) is 6.93. The van der Waals surface area contributed by atoms with Crippen LogP contribution in [0.1, 0.15) is 16.2 Å². The Kier molecular flexibility index (Phi) is 4.96. The van der Waals surface area contributed by atoms with Gasteiger partial charge >= 0.3 is 0 Å². The average molecular weight is 276 g/mol.